The van der Waals surface area contributed by atoms with Gasteiger partial charge in [-0.2, -0.15) is 0 Å². The Morgan fingerprint density at radius 3 is 0.732 bits per heavy atom. The standard InChI is InChI=1S/C39H80NO/c1-4-6-8-10-12-14-16-18-20-22-24-26-28-30-32-34-36-40(3,38-39-41)37-35-33-31-29-27-25-23-21-19-17-15-13-11-9-7-5-2/h39H,4-38H2,1-3H3/q+1. The third-order valence-electron chi connectivity index (χ3n) is 9.62. The highest BCUT2D eigenvalue weighted by Crippen LogP contribution is 2.17. The number of hydrogen-bond donors (Lipinski definition) is 0. The van der Waals surface area contributed by atoms with Gasteiger partial charge >= 0.3 is 0 Å². The van der Waals surface area contributed by atoms with E-state index >= 15 is 0 Å². The number of quaternary nitrogens is 1. The Labute approximate surface area is 261 Å². The summed E-state index contributed by atoms with van der Waals surface area (Å²) in [6.45, 7) is 7.69. The molecule has 2 nitrogen and oxygen atoms in total. The van der Waals surface area contributed by atoms with Crippen LogP contribution >= 0.6 is 0 Å². The zero-order valence-electron chi connectivity index (χ0n) is 29.2. The highest BCUT2D eigenvalue weighted by Gasteiger charge is 2.19. The van der Waals surface area contributed by atoms with Gasteiger partial charge in [-0.3, -0.25) is 4.79 Å². The van der Waals surface area contributed by atoms with Gasteiger partial charge < -0.3 is 4.48 Å². The highest BCUT2D eigenvalue weighted by atomic mass is 16.1. The maximum absolute atomic E-state index is 11.3. The fourth-order valence-electron chi connectivity index (χ4n) is 6.56. The maximum Gasteiger partial charge on any atom is 0.174 e. The van der Waals surface area contributed by atoms with Gasteiger partial charge in [-0.25, -0.2) is 0 Å². The van der Waals surface area contributed by atoms with E-state index in [1.807, 2.05) is 0 Å². The largest absolute Gasteiger partial charge is 0.320 e. The molecule has 0 bridgehead atoms. The Bertz CT molecular complexity index is 454. The lowest BCUT2D eigenvalue weighted by molar-refractivity contribution is -0.901. The van der Waals surface area contributed by atoms with Gasteiger partial charge in [-0.05, 0) is 25.7 Å². The average Bonchev–Trinajstić information content (AvgIpc) is 2.97. The van der Waals surface area contributed by atoms with Crippen molar-refractivity contribution in [2.45, 2.75) is 219 Å². The number of nitrogens with zero attached hydrogens (tertiary/aromatic N) is 1. The molecule has 0 heterocycles. The van der Waals surface area contributed by atoms with E-state index in [4.69, 9.17) is 0 Å². The number of carbonyl (C=O) groups is 1. The van der Waals surface area contributed by atoms with Crippen LogP contribution in [0.1, 0.15) is 219 Å². The molecule has 0 saturated carbocycles. The molecule has 2 heteroatoms. The lowest BCUT2D eigenvalue weighted by Crippen LogP contribution is -2.46. The molecule has 0 unspecified atom stereocenters. The first-order valence-electron chi connectivity index (χ1n) is 19.5. The Hall–Kier alpha value is -0.370. The second-order valence-electron chi connectivity index (χ2n) is 14.0. The van der Waals surface area contributed by atoms with Crippen LogP contribution in [0.2, 0.25) is 0 Å². The van der Waals surface area contributed by atoms with E-state index in [0.29, 0.717) is 6.54 Å². The summed E-state index contributed by atoms with van der Waals surface area (Å²) in [6, 6.07) is 0. The molecule has 0 N–H and O–H groups in total. The van der Waals surface area contributed by atoms with Crippen LogP contribution in [0.4, 0.5) is 0 Å². The smallest absolute Gasteiger partial charge is 0.174 e. The molecule has 0 rings (SSSR count). The number of likely N-dealkylation sites (N-methyl/N-ethyl adjacent to an activating group) is 1. The van der Waals surface area contributed by atoms with Crippen LogP contribution in [0.3, 0.4) is 0 Å². The number of aldehydes is 1. The Balaban J connectivity index is 3.49. The number of carbonyl (C=O) groups excluding carboxylic acids is 1. The molecule has 0 aliphatic rings. The van der Waals surface area contributed by atoms with Crippen molar-refractivity contribution in [3.63, 3.8) is 0 Å². The van der Waals surface area contributed by atoms with Gasteiger partial charge in [0.2, 0.25) is 0 Å². The van der Waals surface area contributed by atoms with Crippen LogP contribution in [0.5, 0.6) is 0 Å². The van der Waals surface area contributed by atoms with Gasteiger partial charge in [0.1, 0.15) is 6.54 Å². The summed E-state index contributed by atoms with van der Waals surface area (Å²) in [5.74, 6) is 0. The van der Waals surface area contributed by atoms with Crippen LogP contribution in [0.25, 0.3) is 0 Å². The van der Waals surface area contributed by atoms with Crippen molar-refractivity contribution in [2.24, 2.45) is 0 Å². The molecule has 0 saturated heterocycles. The quantitative estimate of drug-likeness (QED) is 0.0410. The van der Waals surface area contributed by atoms with Crippen LogP contribution in [-0.4, -0.2) is 37.5 Å². The summed E-state index contributed by atoms with van der Waals surface area (Å²) < 4.78 is 0.973. The lowest BCUT2D eigenvalue weighted by Gasteiger charge is -2.33. The predicted molar refractivity (Wildman–Crippen MR) is 186 cm³/mol. The first kappa shape index (κ1) is 40.6. The molecule has 0 aromatic carbocycles. The van der Waals surface area contributed by atoms with E-state index < -0.39 is 0 Å². The Morgan fingerprint density at radius 1 is 0.341 bits per heavy atom. The van der Waals surface area contributed by atoms with Crippen LogP contribution in [0.15, 0.2) is 0 Å². The molecule has 0 radical (unpaired) electrons. The molecule has 0 aromatic heterocycles. The van der Waals surface area contributed by atoms with E-state index in [1.165, 1.54) is 225 Å². The minimum Gasteiger partial charge on any atom is -0.320 e. The highest BCUT2D eigenvalue weighted by molar-refractivity contribution is 5.50. The summed E-state index contributed by atoms with van der Waals surface area (Å²) >= 11 is 0. The average molecular weight is 579 g/mol. The van der Waals surface area contributed by atoms with Crippen LogP contribution in [-0.2, 0) is 4.79 Å². The van der Waals surface area contributed by atoms with E-state index in [-0.39, 0.29) is 0 Å². The zero-order chi connectivity index (χ0) is 30.0. The van der Waals surface area contributed by atoms with Crippen LogP contribution < -0.4 is 0 Å². The first-order chi connectivity index (χ1) is 20.2. The van der Waals surface area contributed by atoms with Crippen molar-refractivity contribution >= 4 is 6.29 Å². The monoisotopic (exact) mass is 579 g/mol. The summed E-state index contributed by atoms with van der Waals surface area (Å²) in [5, 5.41) is 0. The van der Waals surface area contributed by atoms with Gasteiger partial charge in [0.15, 0.2) is 6.29 Å². The zero-order valence-corrected chi connectivity index (χ0v) is 29.2. The SMILES string of the molecule is CCCCCCCCCCCCCCCCCC[N+](C)(CC=O)CCCCCCCCCCCCCCCCCC. The number of hydrogen-bond acceptors (Lipinski definition) is 1. The van der Waals surface area contributed by atoms with Crippen molar-refractivity contribution in [1.29, 1.82) is 0 Å². The fourth-order valence-corrected chi connectivity index (χ4v) is 6.56. The normalized spacial score (nSPS) is 11.9. The summed E-state index contributed by atoms with van der Waals surface area (Å²) in [5.41, 5.74) is 0. The second kappa shape index (κ2) is 34.1. The van der Waals surface area contributed by atoms with Crippen molar-refractivity contribution in [1.82, 2.24) is 0 Å². The van der Waals surface area contributed by atoms with Crippen molar-refractivity contribution in [2.75, 3.05) is 26.7 Å². The van der Waals surface area contributed by atoms with Crippen molar-refractivity contribution in [3.8, 4) is 0 Å². The molecule has 0 aliphatic heterocycles. The Morgan fingerprint density at radius 2 is 0.537 bits per heavy atom. The van der Waals surface area contributed by atoms with E-state index in [2.05, 4.69) is 20.9 Å². The predicted octanol–water partition coefficient (Wildman–Crippen LogP) is 13.2. The third-order valence-corrected chi connectivity index (χ3v) is 9.62. The van der Waals surface area contributed by atoms with Gasteiger partial charge in [-0.1, -0.05) is 194 Å². The summed E-state index contributed by atoms with van der Waals surface area (Å²) in [4.78, 5) is 11.3. The van der Waals surface area contributed by atoms with Crippen LogP contribution in [0, 0.1) is 0 Å². The van der Waals surface area contributed by atoms with Gasteiger partial charge in [-0.15, -0.1) is 0 Å². The van der Waals surface area contributed by atoms with E-state index in [1.54, 1.807) is 0 Å². The molecule has 0 amide bonds. The minimum absolute atomic E-state index is 0.706. The number of rotatable bonds is 36. The molecule has 41 heavy (non-hydrogen) atoms. The minimum atomic E-state index is 0.706. The molecular formula is C39H80NO+. The first-order valence-corrected chi connectivity index (χ1v) is 19.5. The molecule has 0 atom stereocenters. The maximum atomic E-state index is 11.3. The Kier molecular flexibility index (Phi) is 33.8. The van der Waals surface area contributed by atoms with Gasteiger partial charge in [0.25, 0.3) is 0 Å². The van der Waals surface area contributed by atoms with E-state index in [0.717, 1.165) is 4.48 Å². The van der Waals surface area contributed by atoms with Gasteiger partial charge in [0, 0.05) is 0 Å². The number of unbranched alkanes of at least 4 members (excludes halogenated alkanes) is 30. The molecule has 0 fully saturated rings. The van der Waals surface area contributed by atoms with Gasteiger partial charge in [0.05, 0.1) is 20.1 Å². The topological polar surface area (TPSA) is 17.1 Å². The van der Waals surface area contributed by atoms with Crippen molar-refractivity contribution < 1.29 is 9.28 Å². The molecule has 246 valence electrons. The third kappa shape index (κ3) is 32.4. The molecule has 0 aliphatic carbocycles. The molecular weight excluding hydrogens is 498 g/mol. The fraction of sp³-hybridized carbons (Fsp3) is 0.974. The lowest BCUT2D eigenvalue weighted by atomic mass is 10.0. The summed E-state index contributed by atoms with van der Waals surface area (Å²) in [6.07, 6.45) is 46.7. The van der Waals surface area contributed by atoms with Crippen molar-refractivity contribution in [3.05, 3.63) is 0 Å². The molecule has 0 aromatic rings. The molecule has 0 spiro atoms. The summed E-state index contributed by atoms with van der Waals surface area (Å²) in [7, 11) is 2.32. The van der Waals surface area contributed by atoms with E-state index in [9.17, 15) is 4.79 Å². The second-order valence-corrected chi connectivity index (χ2v) is 14.0.